The summed E-state index contributed by atoms with van der Waals surface area (Å²) < 4.78 is 0. The molecule has 2 heterocycles. The molecule has 0 radical (unpaired) electrons. The molecule has 2 saturated carbocycles. The summed E-state index contributed by atoms with van der Waals surface area (Å²) in [5.41, 5.74) is 12.8. The maximum absolute atomic E-state index is 10.0. The molecule has 4 fully saturated rings. The zero-order chi connectivity index (χ0) is 15.6. The smallest absolute Gasteiger partial charge is 0.125 e. The maximum atomic E-state index is 10.0. The molecular formula is C15H29N7O. The molecule has 8 nitrogen and oxygen atoms in total. The Hall–Kier alpha value is -0.770. The van der Waals surface area contributed by atoms with Crippen molar-refractivity contribution in [2.75, 3.05) is 0 Å². The lowest BCUT2D eigenvalue weighted by atomic mass is 9.87. The summed E-state index contributed by atoms with van der Waals surface area (Å²) in [6.45, 7) is 0. The van der Waals surface area contributed by atoms with Crippen molar-refractivity contribution in [3.8, 4) is 0 Å². The van der Waals surface area contributed by atoms with Crippen molar-refractivity contribution in [3.63, 3.8) is 0 Å². The Bertz CT molecular complexity index is 434. The quantitative estimate of drug-likeness (QED) is 0.308. The lowest BCUT2D eigenvalue weighted by Crippen LogP contribution is -2.72. The van der Waals surface area contributed by atoms with Gasteiger partial charge < -0.3 is 5.11 Å². The highest BCUT2D eigenvalue weighted by Crippen LogP contribution is 2.28. The molecule has 2 saturated heterocycles. The van der Waals surface area contributed by atoms with Gasteiger partial charge in [-0.25, -0.2) is 10.4 Å². The van der Waals surface area contributed by atoms with Gasteiger partial charge in [0.05, 0.1) is 6.10 Å². The SMILES string of the molecule is OC1CCCCC1/C=N/NC1NC2CCCCC2N2NNNC12. The van der Waals surface area contributed by atoms with Gasteiger partial charge in [-0.3, -0.25) is 10.7 Å². The number of hydrazone groups is 1. The number of fused-ring (bicyclic) bond motifs is 3. The number of aliphatic hydroxyl groups is 1. The van der Waals surface area contributed by atoms with Crippen LogP contribution in [0.15, 0.2) is 5.10 Å². The van der Waals surface area contributed by atoms with E-state index >= 15 is 0 Å². The van der Waals surface area contributed by atoms with E-state index in [2.05, 4.69) is 37.3 Å². The fraction of sp³-hybridized carbons (Fsp3) is 0.933. The Morgan fingerprint density at radius 2 is 1.91 bits per heavy atom. The zero-order valence-corrected chi connectivity index (χ0v) is 13.5. The van der Waals surface area contributed by atoms with Crippen molar-refractivity contribution in [3.05, 3.63) is 0 Å². The van der Waals surface area contributed by atoms with Crippen LogP contribution in [-0.4, -0.2) is 46.8 Å². The molecule has 0 bridgehead atoms. The standard InChI is InChI=1S/C15H29N7O/c23-13-8-4-1-5-10(13)9-16-18-14-15-19-20-21-22(15)12-7-3-2-6-11(12)17-14/h9-15,17-21,23H,1-8H2/b16-9+. The third-order valence-electron chi connectivity index (χ3n) is 5.76. The third kappa shape index (κ3) is 3.24. The second kappa shape index (κ2) is 7.00. The zero-order valence-electron chi connectivity index (χ0n) is 13.5. The van der Waals surface area contributed by atoms with Crippen molar-refractivity contribution < 1.29 is 5.11 Å². The van der Waals surface area contributed by atoms with Crippen LogP contribution >= 0.6 is 0 Å². The van der Waals surface area contributed by atoms with E-state index < -0.39 is 0 Å². The summed E-state index contributed by atoms with van der Waals surface area (Å²) in [4.78, 5) is 0. The minimum Gasteiger partial charge on any atom is -0.392 e. The van der Waals surface area contributed by atoms with Gasteiger partial charge >= 0.3 is 0 Å². The molecular weight excluding hydrogens is 294 g/mol. The van der Waals surface area contributed by atoms with E-state index in [4.69, 9.17) is 0 Å². The first-order chi connectivity index (χ1) is 11.3. The van der Waals surface area contributed by atoms with Crippen LogP contribution in [0.2, 0.25) is 0 Å². The second-order valence-corrected chi connectivity index (χ2v) is 7.26. The topological polar surface area (TPSA) is 96.0 Å². The average Bonchev–Trinajstić information content (AvgIpc) is 3.07. The maximum Gasteiger partial charge on any atom is 0.125 e. The summed E-state index contributed by atoms with van der Waals surface area (Å²) in [6.07, 6.45) is 11.1. The van der Waals surface area contributed by atoms with Crippen molar-refractivity contribution in [2.24, 2.45) is 11.0 Å². The first-order valence-corrected chi connectivity index (χ1v) is 9.10. The van der Waals surface area contributed by atoms with Gasteiger partial charge in [-0.2, -0.15) is 16.2 Å². The highest BCUT2D eigenvalue weighted by Gasteiger charge is 2.45. The van der Waals surface area contributed by atoms with E-state index in [1.807, 2.05) is 6.21 Å². The molecule has 6 unspecified atom stereocenters. The van der Waals surface area contributed by atoms with E-state index in [1.165, 1.54) is 32.1 Å². The molecule has 0 amide bonds. The van der Waals surface area contributed by atoms with Crippen LogP contribution in [0.1, 0.15) is 51.4 Å². The minimum absolute atomic E-state index is 0.0360. The van der Waals surface area contributed by atoms with Gasteiger partial charge in [0.25, 0.3) is 0 Å². The van der Waals surface area contributed by atoms with Crippen LogP contribution in [0.3, 0.4) is 0 Å². The Morgan fingerprint density at radius 1 is 1.09 bits per heavy atom. The molecule has 0 spiro atoms. The molecule has 0 aromatic heterocycles. The van der Waals surface area contributed by atoms with E-state index in [1.54, 1.807) is 0 Å². The van der Waals surface area contributed by atoms with E-state index in [0.717, 1.165) is 19.3 Å². The Morgan fingerprint density at radius 3 is 2.83 bits per heavy atom. The Labute approximate surface area is 137 Å². The van der Waals surface area contributed by atoms with Gasteiger partial charge in [0.1, 0.15) is 12.3 Å². The minimum atomic E-state index is -0.235. The second-order valence-electron chi connectivity index (χ2n) is 7.26. The first kappa shape index (κ1) is 15.7. The molecule has 0 aromatic carbocycles. The number of rotatable bonds is 3. The molecule has 8 heteroatoms. The predicted octanol–water partition coefficient (Wildman–Crippen LogP) is -0.491. The third-order valence-corrected chi connectivity index (χ3v) is 5.76. The monoisotopic (exact) mass is 323 g/mol. The molecule has 0 aromatic rings. The van der Waals surface area contributed by atoms with Crippen LogP contribution in [0.25, 0.3) is 0 Å². The van der Waals surface area contributed by atoms with Gasteiger partial charge in [-0.1, -0.05) is 25.7 Å². The Kier molecular flexibility index (Phi) is 4.79. The lowest BCUT2D eigenvalue weighted by Gasteiger charge is -2.47. The highest BCUT2D eigenvalue weighted by atomic mass is 16.3. The number of nitrogens with zero attached hydrogens (tertiary/aromatic N) is 2. The number of hydrazine groups is 3. The van der Waals surface area contributed by atoms with Crippen LogP contribution in [0.4, 0.5) is 0 Å². The van der Waals surface area contributed by atoms with E-state index in [9.17, 15) is 5.11 Å². The summed E-state index contributed by atoms with van der Waals surface area (Å²) in [5.74, 6) is 0.186. The lowest BCUT2D eigenvalue weighted by molar-refractivity contribution is -0.00970. The highest BCUT2D eigenvalue weighted by molar-refractivity contribution is 5.61. The van der Waals surface area contributed by atoms with Crippen molar-refractivity contribution in [1.29, 1.82) is 0 Å². The van der Waals surface area contributed by atoms with Crippen LogP contribution in [0.5, 0.6) is 0 Å². The summed E-state index contributed by atoms with van der Waals surface area (Å²) in [6, 6.07) is 1.00. The predicted molar refractivity (Wildman–Crippen MR) is 87.6 cm³/mol. The average molecular weight is 323 g/mol. The van der Waals surface area contributed by atoms with Crippen LogP contribution in [-0.2, 0) is 0 Å². The molecule has 2 aliphatic carbocycles. The molecule has 23 heavy (non-hydrogen) atoms. The van der Waals surface area contributed by atoms with E-state index in [-0.39, 0.29) is 24.4 Å². The van der Waals surface area contributed by atoms with Crippen LogP contribution in [0, 0.1) is 5.92 Å². The summed E-state index contributed by atoms with van der Waals surface area (Å²) in [5, 5.41) is 20.5. The van der Waals surface area contributed by atoms with E-state index in [0.29, 0.717) is 12.1 Å². The van der Waals surface area contributed by atoms with Crippen molar-refractivity contribution in [1.82, 2.24) is 32.2 Å². The number of hydrogen-bond donors (Lipinski definition) is 6. The van der Waals surface area contributed by atoms with Crippen LogP contribution < -0.4 is 27.2 Å². The van der Waals surface area contributed by atoms with Crippen molar-refractivity contribution in [2.45, 2.75) is 81.9 Å². The molecule has 6 atom stereocenters. The Balaban J connectivity index is 1.38. The van der Waals surface area contributed by atoms with Crippen molar-refractivity contribution >= 4 is 6.21 Å². The fourth-order valence-corrected chi connectivity index (χ4v) is 4.44. The molecule has 4 aliphatic rings. The summed E-state index contributed by atoms with van der Waals surface area (Å²) in [7, 11) is 0. The fourth-order valence-electron chi connectivity index (χ4n) is 4.44. The van der Waals surface area contributed by atoms with Gasteiger partial charge in [-0.15, -0.1) is 0 Å². The van der Waals surface area contributed by atoms with Gasteiger partial charge in [0.2, 0.25) is 0 Å². The van der Waals surface area contributed by atoms with Gasteiger partial charge in [0.15, 0.2) is 0 Å². The number of hydrogen-bond acceptors (Lipinski definition) is 8. The normalized spacial score (nSPS) is 44.9. The largest absolute Gasteiger partial charge is 0.392 e. The number of piperazine rings is 1. The van der Waals surface area contributed by atoms with Gasteiger partial charge in [0, 0.05) is 24.2 Å². The number of aliphatic hydroxyl groups excluding tert-OH is 1. The van der Waals surface area contributed by atoms with Gasteiger partial charge in [-0.05, 0) is 25.7 Å². The molecule has 6 N–H and O–H groups in total. The summed E-state index contributed by atoms with van der Waals surface area (Å²) >= 11 is 0. The molecule has 2 aliphatic heterocycles. The molecule has 130 valence electrons. The molecule has 4 rings (SSSR count). The number of nitrogens with one attached hydrogen (secondary N) is 5. The first-order valence-electron chi connectivity index (χ1n) is 9.10.